The fourth-order valence-electron chi connectivity index (χ4n) is 0.843. The van der Waals surface area contributed by atoms with E-state index in [0.717, 1.165) is 6.42 Å². The van der Waals surface area contributed by atoms with E-state index in [1.807, 2.05) is 6.92 Å². The molecule has 0 fully saturated rings. The number of hydrogen-bond acceptors (Lipinski definition) is 5. The zero-order chi connectivity index (χ0) is 11.2. The highest BCUT2D eigenvalue weighted by atomic mass is 31.2. The maximum Gasteiger partial charge on any atom is 0.398 e. The molecule has 5 nitrogen and oxygen atoms in total. The first-order valence-corrected chi connectivity index (χ1v) is 5.93. The molecule has 0 aromatic rings. The van der Waals surface area contributed by atoms with Crippen LogP contribution in [0.4, 0.5) is 0 Å². The van der Waals surface area contributed by atoms with E-state index in [4.69, 9.17) is 4.74 Å². The smallest absolute Gasteiger partial charge is 0.370 e. The second kappa shape index (κ2) is 6.30. The van der Waals surface area contributed by atoms with Crippen molar-refractivity contribution in [3.05, 3.63) is 0 Å². The molecule has 0 radical (unpaired) electrons. The first-order chi connectivity index (χ1) is 6.51. The highest BCUT2D eigenvalue weighted by molar-refractivity contribution is 7.72. The van der Waals surface area contributed by atoms with Crippen molar-refractivity contribution in [2.45, 2.75) is 26.4 Å². The molecule has 0 amide bonds. The summed E-state index contributed by atoms with van der Waals surface area (Å²) in [6.45, 7) is 3.90. The molecule has 0 N–H and O–H groups in total. The van der Waals surface area contributed by atoms with E-state index in [1.54, 1.807) is 0 Å². The molecule has 0 aromatic heterocycles. The zero-order valence-corrected chi connectivity index (χ0v) is 9.87. The van der Waals surface area contributed by atoms with Gasteiger partial charge < -0.3 is 13.8 Å². The van der Waals surface area contributed by atoms with Gasteiger partial charge in [0.2, 0.25) is 0 Å². The molecule has 84 valence electrons. The third-order valence-electron chi connectivity index (χ3n) is 1.67. The highest BCUT2D eigenvalue weighted by Crippen LogP contribution is 2.48. The molecule has 0 aliphatic rings. The van der Waals surface area contributed by atoms with Gasteiger partial charge in [-0.05, 0) is 13.3 Å². The van der Waals surface area contributed by atoms with Crippen LogP contribution in [0.25, 0.3) is 0 Å². The van der Waals surface area contributed by atoms with Crippen LogP contribution in [0.2, 0.25) is 0 Å². The normalized spacial score (nSPS) is 14.0. The van der Waals surface area contributed by atoms with Crippen LogP contribution in [0, 0.1) is 0 Å². The van der Waals surface area contributed by atoms with Gasteiger partial charge in [0.25, 0.3) is 5.52 Å². The quantitative estimate of drug-likeness (QED) is 0.617. The van der Waals surface area contributed by atoms with Gasteiger partial charge in [0.15, 0.2) is 0 Å². The van der Waals surface area contributed by atoms with Crippen LogP contribution in [0.3, 0.4) is 0 Å². The predicted octanol–water partition coefficient (Wildman–Crippen LogP) is 1.81. The summed E-state index contributed by atoms with van der Waals surface area (Å²) in [5, 5.41) is 0. The topological polar surface area (TPSA) is 61.8 Å². The maximum atomic E-state index is 11.6. The molecule has 0 heterocycles. The van der Waals surface area contributed by atoms with Crippen molar-refractivity contribution < 1.29 is 23.1 Å². The molecule has 1 atom stereocenters. The van der Waals surface area contributed by atoms with Gasteiger partial charge in [0.05, 0.1) is 0 Å². The van der Waals surface area contributed by atoms with Crippen molar-refractivity contribution >= 4 is 13.1 Å². The minimum absolute atomic E-state index is 0.445. The summed E-state index contributed by atoms with van der Waals surface area (Å²) in [5.74, 6) is 0. The minimum Gasteiger partial charge on any atom is -0.370 e. The second-order valence-corrected chi connectivity index (χ2v) is 4.88. The molecule has 0 bridgehead atoms. The number of carbonyl (C=O) groups excluding carboxylic acids is 1. The Labute approximate surface area is 84.3 Å². The molecule has 0 rings (SSSR count). The SMILES string of the molecule is CCCOC(C)C(=O)P(=O)(OC)OC. The van der Waals surface area contributed by atoms with Gasteiger partial charge in [0, 0.05) is 20.8 Å². The van der Waals surface area contributed by atoms with Gasteiger partial charge in [-0.1, -0.05) is 6.92 Å². The van der Waals surface area contributed by atoms with E-state index in [-0.39, 0.29) is 0 Å². The molecule has 0 aliphatic carbocycles. The van der Waals surface area contributed by atoms with Gasteiger partial charge in [-0.2, -0.15) is 0 Å². The Bertz CT molecular complexity index is 220. The Balaban J connectivity index is 4.36. The lowest BCUT2D eigenvalue weighted by molar-refractivity contribution is -0.123. The molecule has 6 heteroatoms. The second-order valence-electron chi connectivity index (χ2n) is 2.71. The first-order valence-electron chi connectivity index (χ1n) is 4.39. The van der Waals surface area contributed by atoms with Crippen LogP contribution in [0.15, 0.2) is 0 Å². The summed E-state index contributed by atoms with van der Waals surface area (Å²) in [6, 6.07) is 0. The Kier molecular flexibility index (Phi) is 6.20. The average Bonchev–Trinajstić information content (AvgIpc) is 2.23. The van der Waals surface area contributed by atoms with Crippen LogP contribution in [0.1, 0.15) is 20.3 Å². The van der Waals surface area contributed by atoms with E-state index >= 15 is 0 Å². The van der Waals surface area contributed by atoms with E-state index in [0.29, 0.717) is 6.61 Å². The predicted molar refractivity (Wildman–Crippen MR) is 52.3 cm³/mol. The van der Waals surface area contributed by atoms with Crippen LogP contribution in [0.5, 0.6) is 0 Å². The van der Waals surface area contributed by atoms with Gasteiger partial charge >= 0.3 is 7.60 Å². The van der Waals surface area contributed by atoms with Crippen molar-refractivity contribution in [2.75, 3.05) is 20.8 Å². The fraction of sp³-hybridized carbons (Fsp3) is 0.875. The lowest BCUT2D eigenvalue weighted by Crippen LogP contribution is -2.22. The van der Waals surface area contributed by atoms with Gasteiger partial charge in [-0.25, -0.2) is 0 Å². The number of carbonyl (C=O) groups is 1. The third-order valence-corrected chi connectivity index (χ3v) is 3.54. The van der Waals surface area contributed by atoms with E-state index < -0.39 is 19.2 Å². The largest absolute Gasteiger partial charge is 0.398 e. The Hall–Kier alpha value is -0.220. The Morgan fingerprint density at radius 1 is 1.36 bits per heavy atom. The van der Waals surface area contributed by atoms with Crippen molar-refractivity contribution in [1.82, 2.24) is 0 Å². The summed E-state index contributed by atoms with van der Waals surface area (Å²) in [4.78, 5) is 11.5. The molecule has 1 unspecified atom stereocenters. The van der Waals surface area contributed by atoms with Crippen LogP contribution in [-0.2, 0) is 23.1 Å². The Morgan fingerprint density at radius 3 is 2.21 bits per heavy atom. The van der Waals surface area contributed by atoms with Crippen molar-refractivity contribution in [2.24, 2.45) is 0 Å². The number of rotatable bonds is 7. The van der Waals surface area contributed by atoms with E-state index in [2.05, 4.69) is 9.05 Å². The van der Waals surface area contributed by atoms with Crippen molar-refractivity contribution in [3.63, 3.8) is 0 Å². The van der Waals surface area contributed by atoms with Crippen molar-refractivity contribution in [3.8, 4) is 0 Å². The molecule has 0 saturated heterocycles. The fourth-order valence-corrected chi connectivity index (χ4v) is 1.87. The molecular formula is C8H17O5P. The molecule has 0 aromatic carbocycles. The standard InChI is InChI=1S/C8H17O5P/c1-5-6-13-7(2)8(9)14(10,11-3)12-4/h7H,5-6H2,1-4H3. The zero-order valence-electron chi connectivity index (χ0n) is 8.98. The summed E-state index contributed by atoms with van der Waals surface area (Å²) < 4.78 is 25.8. The molecule has 0 saturated carbocycles. The summed E-state index contributed by atoms with van der Waals surface area (Å²) in [6.07, 6.45) is 0.0303. The monoisotopic (exact) mass is 224 g/mol. The summed E-state index contributed by atoms with van der Waals surface area (Å²) in [7, 11) is -1.28. The molecular weight excluding hydrogens is 207 g/mol. The lowest BCUT2D eigenvalue weighted by Gasteiger charge is -2.16. The number of ether oxygens (including phenoxy) is 1. The van der Waals surface area contributed by atoms with E-state index in [1.165, 1.54) is 21.1 Å². The number of hydrogen-bond donors (Lipinski definition) is 0. The van der Waals surface area contributed by atoms with Crippen LogP contribution >= 0.6 is 7.60 Å². The third kappa shape index (κ3) is 3.50. The summed E-state index contributed by atoms with van der Waals surface area (Å²) in [5.41, 5.74) is -0.643. The van der Waals surface area contributed by atoms with Crippen LogP contribution in [-0.4, -0.2) is 32.5 Å². The minimum atomic E-state index is -3.63. The molecule has 14 heavy (non-hydrogen) atoms. The van der Waals surface area contributed by atoms with Gasteiger partial charge in [-0.3, -0.25) is 9.36 Å². The maximum absolute atomic E-state index is 11.6. The summed E-state index contributed by atoms with van der Waals surface area (Å²) >= 11 is 0. The molecule has 0 aliphatic heterocycles. The first kappa shape index (κ1) is 13.8. The van der Waals surface area contributed by atoms with Gasteiger partial charge in [0.1, 0.15) is 6.10 Å². The Morgan fingerprint density at radius 2 is 1.86 bits per heavy atom. The van der Waals surface area contributed by atoms with E-state index in [9.17, 15) is 9.36 Å². The van der Waals surface area contributed by atoms with Gasteiger partial charge in [-0.15, -0.1) is 0 Å². The highest BCUT2D eigenvalue weighted by Gasteiger charge is 2.36. The lowest BCUT2D eigenvalue weighted by atomic mass is 10.4. The van der Waals surface area contributed by atoms with Crippen molar-refractivity contribution in [1.29, 1.82) is 0 Å². The average molecular weight is 224 g/mol. The van der Waals surface area contributed by atoms with Crippen LogP contribution < -0.4 is 0 Å². The molecule has 0 spiro atoms.